The number of aromatic nitrogens is 2. The smallest absolute Gasteiger partial charge is 0.266 e. The third-order valence-electron chi connectivity index (χ3n) is 4.49. The number of hydrogen-bond acceptors (Lipinski definition) is 4. The highest BCUT2D eigenvalue weighted by Gasteiger charge is 2.16. The first-order valence-electron chi connectivity index (χ1n) is 9.03. The van der Waals surface area contributed by atoms with Crippen LogP contribution < -0.4 is 5.56 Å². The minimum atomic E-state index is -0.131. The van der Waals surface area contributed by atoms with Crippen molar-refractivity contribution in [3.63, 3.8) is 0 Å². The largest absolute Gasteiger partial charge is 0.293 e. The zero-order valence-corrected chi connectivity index (χ0v) is 18.6. The molecule has 0 fully saturated rings. The molecule has 144 valence electrons. The van der Waals surface area contributed by atoms with Crippen LogP contribution in [0.1, 0.15) is 15.9 Å². The molecule has 0 N–H and O–H groups in total. The van der Waals surface area contributed by atoms with Crippen LogP contribution in [0.2, 0.25) is 0 Å². The molecule has 3 aromatic carbocycles. The highest BCUT2D eigenvalue weighted by atomic mass is 127. The summed E-state index contributed by atoms with van der Waals surface area (Å²) in [5.74, 6) is 0.210. The van der Waals surface area contributed by atoms with Crippen LogP contribution in [-0.2, 0) is 0 Å². The molecule has 0 radical (unpaired) electrons. The molecule has 0 bridgehead atoms. The number of benzene rings is 3. The minimum absolute atomic E-state index is 0.00310. The Bertz CT molecular complexity index is 1270. The minimum Gasteiger partial charge on any atom is -0.293 e. The Morgan fingerprint density at radius 3 is 2.59 bits per heavy atom. The first-order chi connectivity index (χ1) is 14.0. The molecule has 1 heterocycles. The van der Waals surface area contributed by atoms with Crippen LogP contribution in [0.25, 0.3) is 16.6 Å². The van der Waals surface area contributed by atoms with Crippen LogP contribution in [0.3, 0.4) is 0 Å². The Morgan fingerprint density at radius 1 is 1.03 bits per heavy atom. The zero-order chi connectivity index (χ0) is 20.4. The molecule has 4 rings (SSSR count). The van der Waals surface area contributed by atoms with Gasteiger partial charge >= 0.3 is 0 Å². The predicted octanol–water partition coefficient (Wildman–Crippen LogP) is 5.27. The molecule has 0 saturated carbocycles. The van der Waals surface area contributed by atoms with E-state index in [2.05, 4.69) is 22.6 Å². The van der Waals surface area contributed by atoms with Crippen LogP contribution in [0.15, 0.2) is 82.7 Å². The molecule has 0 atom stereocenters. The summed E-state index contributed by atoms with van der Waals surface area (Å²) >= 11 is 3.48. The van der Waals surface area contributed by atoms with Gasteiger partial charge in [0.25, 0.3) is 5.56 Å². The third kappa shape index (κ3) is 4.28. The van der Waals surface area contributed by atoms with E-state index in [0.717, 1.165) is 14.8 Å². The fourth-order valence-corrected chi connectivity index (χ4v) is 4.46. The van der Waals surface area contributed by atoms with Crippen molar-refractivity contribution in [3.8, 4) is 5.69 Å². The summed E-state index contributed by atoms with van der Waals surface area (Å²) in [4.78, 5) is 30.6. The number of carbonyl (C=O) groups excluding carboxylic acids is 1. The van der Waals surface area contributed by atoms with Gasteiger partial charge in [-0.1, -0.05) is 54.2 Å². The summed E-state index contributed by atoms with van der Waals surface area (Å²) in [6, 6.07) is 22.5. The molecule has 29 heavy (non-hydrogen) atoms. The number of hydrogen-bond donors (Lipinski definition) is 0. The number of carbonyl (C=O) groups is 1. The van der Waals surface area contributed by atoms with Crippen LogP contribution in [0.4, 0.5) is 0 Å². The maximum Gasteiger partial charge on any atom is 0.266 e. The maximum atomic E-state index is 13.3. The highest BCUT2D eigenvalue weighted by Crippen LogP contribution is 2.23. The van der Waals surface area contributed by atoms with E-state index in [-0.39, 0.29) is 17.1 Å². The molecule has 4 nitrogen and oxygen atoms in total. The second-order valence-corrected chi connectivity index (χ2v) is 8.80. The fourth-order valence-electron chi connectivity index (χ4n) is 3.07. The lowest BCUT2D eigenvalue weighted by Crippen LogP contribution is -2.22. The van der Waals surface area contributed by atoms with Crippen molar-refractivity contribution in [1.29, 1.82) is 0 Å². The van der Waals surface area contributed by atoms with Crippen molar-refractivity contribution in [2.75, 3.05) is 5.75 Å². The molecule has 0 aliphatic heterocycles. The normalized spacial score (nSPS) is 11.0. The van der Waals surface area contributed by atoms with E-state index in [1.54, 1.807) is 16.7 Å². The van der Waals surface area contributed by atoms with E-state index in [1.807, 2.05) is 67.6 Å². The number of fused-ring (bicyclic) bond motifs is 1. The summed E-state index contributed by atoms with van der Waals surface area (Å²) in [6.45, 7) is 1.98. The van der Waals surface area contributed by atoms with E-state index in [4.69, 9.17) is 4.98 Å². The molecule has 0 amide bonds. The Balaban J connectivity index is 1.81. The zero-order valence-electron chi connectivity index (χ0n) is 15.6. The average molecular weight is 512 g/mol. The maximum absolute atomic E-state index is 13.3. The van der Waals surface area contributed by atoms with Gasteiger partial charge in [0, 0.05) is 9.13 Å². The lowest BCUT2D eigenvalue weighted by atomic mass is 10.2. The number of halogens is 1. The van der Waals surface area contributed by atoms with Crippen LogP contribution in [0, 0.1) is 10.5 Å². The SMILES string of the molecule is Cc1cccc(-n2c(SCC(=O)c3ccccc3)nc3ccc(I)cc3c2=O)c1. The third-order valence-corrected chi connectivity index (χ3v) is 6.10. The van der Waals surface area contributed by atoms with Gasteiger partial charge in [-0.25, -0.2) is 4.98 Å². The number of nitrogens with zero attached hydrogens (tertiary/aromatic N) is 2. The van der Waals surface area contributed by atoms with Crippen molar-refractivity contribution < 1.29 is 4.79 Å². The number of thioether (sulfide) groups is 1. The second-order valence-electron chi connectivity index (χ2n) is 6.61. The molecule has 0 saturated heterocycles. The van der Waals surface area contributed by atoms with Gasteiger partial charge in [-0.2, -0.15) is 0 Å². The van der Waals surface area contributed by atoms with Crippen LogP contribution in [-0.4, -0.2) is 21.1 Å². The highest BCUT2D eigenvalue weighted by molar-refractivity contribution is 14.1. The lowest BCUT2D eigenvalue weighted by molar-refractivity contribution is 0.102. The Labute approximate surface area is 186 Å². The number of rotatable bonds is 5. The predicted molar refractivity (Wildman–Crippen MR) is 126 cm³/mol. The van der Waals surface area contributed by atoms with Gasteiger partial charge in [-0.05, 0) is 65.4 Å². The van der Waals surface area contributed by atoms with Crippen molar-refractivity contribution in [3.05, 3.63) is 97.8 Å². The van der Waals surface area contributed by atoms with Crippen LogP contribution >= 0.6 is 34.4 Å². The van der Waals surface area contributed by atoms with Gasteiger partial charge in [0.15, 0.2) is 10.9 Å². The van der Waals surface area contributed by atoms with Crippen LogP contribution in [0.5, 0.6) is 0 Å². The van der Waals surface area contributed by atoms with Crippen molar-refractivity contribution in [2.45, 2.75) is 12.1 Å². The Kier molecular flexibility index (Phi) is 5.82. The summed E-state index contributed by atoms with van der Waals surface area (Å²) in [5, 5.41) is 1.08. The van der Waals surface area contributed by atoms with Crippen molar-refractivity contribution in [2.24, 2.45) is 0 Å². The lowest BCUT2D eigenvalue weighted by Gasteiger charge is -2.14. The second kappa shape index (κ2) is 8.51. The van der Waals surface area contributed by atoms with E-state index in [9.17, 15) is 9.59 Å². The average Bonchev–Trinajstić information content (AvgIpc) is 2.73. The molecular weight excluding hydrogens is 495 g/mol. The monoisotopic (exact) mass is 512 g/mol. The Hall–Kier alpha value is -2.45. The molecule has 0 spiro atoms. The van der Waals surface area contributed by atoms with Gasteiger partial charge in [-0.15, -0.1) is 0 Å². The van der Waals surface area contributed by atoms with E-state index < -0.39 is 0 Å². The van der Waals surface area contributed by atoms with E-state index in [1.165, 1.54) is 11.8 Å². The van der Waals surface area contributed by atoms with Gasteiger partial charge < -0.3 is 0 Å². The topological polar surface area (TPSA) is 52.0 Å². The van der Waals surface area contributed by atoms with Crippen molar-refractivity contribution >= 4 is 51.0 Å². The molecule has 4 aromatic rings. The molecular formula is C23H17IN2O2S. The number of Topliss-reactive ketones (excluding diaryl/α,β-unsaturated/α-hetero) is 1. The van der Waals surface area contributed by atoms with Gasteiger partial charge in [0.1, 0.15) is 0 Å². The Morgan fingerprint density at radius 2 is 1.83 bits per heavy atom. The summed E-state index contributed by atoms with van der Waals surface area (Å²) in [7, 11) is 0. The van der Waals surface area contributed by atoms with Gasteiger partial charge in [-0.3, -0.25) is 14.2 Å². The standard InChI is InChI=1S/C23H17IN2O2S/c1-15-6-5-9-18(12-15)26-22(28)19-13-17(24)10-11-20(19)25-23(26)29-14-21(27)16-7-3-2-4-8-16/h2-13H,14H2,1H3. The number of ketones is 1. The summed E-state index contributed by atoms with van der Waals surface area (Å²) in [6.07, 6.45) is 0. The molecule has 6 heteroatoms. The quantitative estimate of drug-likeness (QED) is 0.158. The fraction of sp³-hybridized carbons (Fsp3) is 0.0870. The van der Waals surface area contributed by atoms with E-state index >= 15 is 0 Å². The molecule has 0 aliphatic rings. The van der Waals surface area contributed by atoms with Gasteiger partial charge in [0.2, 0.25) is 0 Å². The molecule has 0 aliphatic carbocycles. The molecule has 1 aromatic heterocycles. The first kappa shape index (κ1) is 19.8. The van der Waals surface area contributed by atoms with E-state index in [0.29, 0.717) is 21.6 Å². The number of aryl methyl sites for hydroxylation is 1. The molecule has 0 unspecified atom stereocenters. The first-order valence-corrected chi connectivity index (χ1v) is 11.1. The summed E-state index contributed by atoms with van der Waals surface area (Å²) in [5.41, 5.74) is 2.95. The van der Waals surface area contributed by atoms with Gasteiger partial charge in [0.05, 0.1) is 22.3 Å². The van der Waals surface area contributed by atoms with Crippen molar-refractivity contribution in [1.82, 2.24) is 9.55 Å². The summed E-state index contributed by atoms with van der Waals surface area (Å²) < 4.78 is 2.58.